The topological polar surface area (TPSA) is 56.5 Å². The van der Waals surface area contributed by atoms with Gasteiger partial charge in [-0.15, -0.1) is 6.58 Å². The van der Waals surface area contributed by atoms with E-state index in [-0.39, 0.29) is 11.2 Å². The van der Waals surface area contributed by atoms with E-state index in [2.05, 4.69) is 6.58 Å². The number of Topliss-reactive ketones (excluding diaryl/α,β-unsaturated/α-hetero) is 1. The van der Waals surface area contributed by atoms with E-state index in [9.17, 15) is 9.59 Å². The molecule has 0 amide bonds. The van der Waals surface area contributed by atoms with Crippen molar-refractivity contribution in [1.29, 1.82) is 0 Å². The number of carbonyl (C=O) groups excluding carboxylic acids is 1. The molecule has 4 heteroatoms. The zero-order chi connectivity index (χ0) is 23.5. The first-order valence-corrected chi connectivity index (χ1v) is 11.9. The van der Waals surface area contributed by atoms with Crippen molar-refractivity contribution in [3.05, 3.63) is 88.3 Å². The molecule has 0 N–H and O–H groups in total. The summed E-state index contributed by atoms with van der Waals surface area (Å²) >= 11 is 0. The van der Waals surface area contributed by atoms with E-state index in [1.165, 1.54) is 31.9 Å². The van der Waals surface area contributed by atoms with Crippen LogP contribution < -0.4 is 10.2 Å². The first-order chi connectivity index (χ1) is 16.1. The number of ether oxygens (including phenoxy) is 1. The van der Waals surface area contributed by atoms with E-state index in [0.29, 0.717) is 35.8 Å². The maximum Gasteiger partial charge on any atom is 0.196 e. The average Bonchev–Trinajstić information content (AvgIpc) is 2.83. The van der Waals surface area contributed by atoms with Gasteiger partial charge in [0.05, 0.1) is 18.8 Å². The van der Waals surface area contributed by atoms with Crippen LogP contribution in [0.3, 0.4) is 0 Å². The van der Waals surface area contributed by atoms with Gasteiger partial charge < -0.3 is 9.15 Å². The summed E-state index contributed by atoms with van der Waals surface area (Å²) in [7, 11) is 1.63. The van der Waals surface area contributed by atoms with Crippen LogP contribution in [0.5, 0.6) is 5.75 Å². The van der Waals surface area contributed by atoms with Gasteiger partial charge in [0.1, 0.15) is 17.1 Å². The van der Waals surface area contributed by atoms with E-state index in [0.717, 1.165) is 36.1 Å². The van der Waals surface area contributed by atoms with Crippen LogP contribution in [0.15, 0.2) is 70.6 Å². The summed E-state index contributed by atoms with van der Waals surface area (Å²) in [5.41, 5.74) is 3.02. The minimum absolute atomic E-state index is 0.0296. The minimum Gasteiger partial charge on any atom is -0.497 e. The Morgan fingerprint density at radius 3 is 2.39 bits per heavy atom. The van der Waals surface area contributed by atoms with Crippen molar-refractivity contribution < 1.29 is 13.9 Å². The number of hydrogen-bond acceptors (Lipinski definition) is 4. The Morgan fingerprint density at radius 2 is 1.67 bits per heavy atom. The van der Waals surface area contributed by atoms with Gasteiger partial charge in [-0.1, -0.05) is 50.0 Å². The lowest BCUT2D eigenvalue weighted by Gasteiger charge is -2.06. The highest BCUT2D eigenvalue weighted by Gasteiger charge is 2.11. The Morgan fingerprint density at radius 1 is 0.970 bits per heavy atom. The summed E-state index contributed by atoms with van der Waals surface area (Å²) in [6.45, 7) is 3.74. The Bertz CT molecular complexity index is 1110. The van der Waals surface area contributed by atoms with E-state index in [1.54, 1.807) is 13.2 Å². The van der Waals surface area contributed by atoms with Crippen LogP contribution in [-0.4, -0.2) is 12.9 Å². The summed E-state index contributed by atoms with van der Waals surface area (Å²) in [5, 5.41) is 0.550. The number of hydrogen-bond donors (Lipinski definition) is 0. The Balaban J connectivity index is 1.53. The molecule has 0 aliphatic carbocycles. The molecule has 33 heavy (non-hydrogen) atoms. The third-order valence-corrected chi connectivity index (χ3v) is 5.98. The first-order valence-electron chi connectivity index (χ1n) is 11.9. The quantitative estimate of drug-likeness (QED) is 0.202. The summed E-state index contributed by atoms with van der Waals surface area (Å²) in [6, 6.07) is 13.1. The molecule has 0 saturated carbocycles. The molecule has 0 atom stereocenters. The van der Waals surface area contributed by atoms with Crippen molar-refractivity contribution in [1.82, 2.24) is 0 Å². The predicted molar refractivity (Wildman–Crippen MR) is 134 cm³/mol. The first kappa shape index (κ1) is 24.5. The van der Waals surface area contributed by atoms with Gasteiger partial charge in [-0.05, 0) is 54.7 Å². The van der Waals surface area contributed by atoms with Gasteiger partial charge in [-0.3, -0.25) is 9.59 Å². The van der Waals surface area contributed by atoms with E-state index in [1.807, 2.05) is 42.5 Å². The second-order valence-corrected chi connectivity index (χ2v) is 8.61. The molecule has 0 bridgehead atoms. The molecule has 0 saturated heterocycles. The molecular formula is C29H34O4. The Hall–Kier alpha value is -3.14. The number of fused-ring (bicyclic) bond motifs is 1. The lowest BCUT2D eigenvalue weighted by molar-refractivity contribution is -0.118. The van der Waals surface area contributed by atoms with E-state index in [4.69, 9.17) is 9.15 Å². The summed E-state index contributed by atoms with van der Waals surface area (Å²) < 4.78 is 11.0. The number of benzene rings is 2. The highest BCUT2D eigenvalue weighted by molar-refractivity contribution is 5.83. The van der Waals surface area contributed by atoms with Crippen molar-refractivity contribution in [3.63, 3.8) is 0 Å². The summed E-state index contributed by atoms with van der Waals surface area (Å²) in [4.78, 5) is 25.3. The molecule has 1 aromatic heterocycles. The van der Waals surface area contributed by atoms with Gasteiger partial charge in [-0.25, -0.2) is 0 Å². The second-order valence-electron chi connectivity index (χ2n) is 8.61. The highest BCUT2D eigenvalue weighted by atomic mass is 16.5. The molecule has 0 radical (unpaired) electrons. The van der Waals surface area contributed by atoms with Crippen LogP contribution >= 0.6 is 0 Å². The number of carbonyl (C=O) groups is 1. The van der Waals surface area contributed by atoms with E-state index < -0.39 is 0 Å². The van der Waals surface area contributed by atoms with Crippen molar-refractivity contribution in [2.75, 3.05) is 7.11 Å². The number of unbranched alkanes of at least 4 members (excludes halogenated alkanes) is 6. The SMILES string of the molecule is C=CCCCCCCCCC(=O)Cc1ccc2c(=O)c(Cc3ccc(OC)cc3)coc2c1. The minimum atomic E-state index is -0.0296. The van der Waals surface area contributed by atoms with Crippen LogP contribution in [-0.2, 0) is 17.6 Å². The van der Waals surface area contributed by atoms with Gasteiger partial charge in [-0.2, -0.15) is 0 Å². The average molecular weight is 447 g/mol. The molecule has 0 aliphatic heterocycles. The molecule has 3 aromatic rings. The fraction of sp³-hybridized carbons (Fsp3) is 0.379. The fourth-order valence-corrected chi connectivity index (χ4v) is 4.04. The molecule has 2 aromatic carbocycles. The maximum absolute atomic E-state index is 12.9. The van der Waals surface area contributed by atoms with Crippen LogP contribution in [0.2, 0.25) is 0 Å². The summed E-state index contributed by atoms with van der Waals surface area (Å²) in [6.07, 6.45) is 13.0. The van der Waals surface area contributed by atoms with Crippen LogP contribution in [0.25, 0.3) is 11.0 Å². The smallest absolute Gasteiger partial charge is 0.196 e. The number of allylic oxidation sites excluding steroid dienone is 1. The lowest BCUT2D eigenvalue weighted by atomic mass is 10.0. The Labute approximate surface area is 196 Å². The largest absolute Gasteiger partial charge is 0.497 e. The molecule has 0 aliphatic rings. The number of rotatable bonds is 14. The normalized spacial score (nSPS) is 10.9. The van der Waals surface area contributed by atoms with Gasteiger partial charge in [0.25, 0.3) is 0 Å². The molecule has 3 rings (SSSR count). The van der Waals surface area contributed by atoms with Gasteiger partial charge in [0.15, 0.2) is 5.43 Å². The molecule has 1 heterocycles. The summed E-state index contributed by atoms with van der Waals surface area (Å²) in [5.74, 6) is 1.02. The zero-order valence-corrected chi connectivity index (χ0v) is 19.6. The molecule has 0 spiro atoms. The molecule has 0 fully saturated rings. The van der Waals surface area contributed by atoms with Gasteiger partial charge >= 0.3 is 0 Å². The third kappa shape index (κ3) is 7.45. The zero-order valence-electron chi connectivity index (χ0n) is 19.6. The highest BCUT2D eigenvalue weighted by Crippen LogP contribution is 2.18. The second kappa shape index (κ2) is 12.8. The monoisotopic (exact) mass is 446 g/mol. The molecule has 4 nitrogen and oxygen atoms in total. The Kier molecular flexibility index (Phi) is 9.49. The molecular weight excluding hydrogens is 412 g/mol. The van der Waals surface area contributed by atoms with E-state index >= 15 is 0 Å². The standard InChI is InChI=1S/C29H34O4/c1-3-4-5-6-7-8-9-10-11-25(30)19-23-14-17-27-28(20-23)33-21-24(29(27)31)18-22-12-15-26(32-2)16-13-22/h3,12-17,20-21H,1,4-11,18-19H2,2H3. The van der Waals surface area contributed by atoms with Crippen molar-refractivity contribution >= 4 is 16.8 Å². The van der Waals surface area contributed by atoms with Crippen LogP contribution in [0.4, 0.5) is 0 Å². The maximum atomic E-state index is 12.9. The van der Waals surface area contributed by atoms with Gasteiger partial charge in [0, 0.05) is 24.8 Å². The predicted octanol–water partition coefficient (Wildman–Crippen LogP) is 6.81. The van der Waals surface area contributed by atoms with Crippen molar-refractivity contribution in [2.45, 2.75) is 64.2 Å². The van der Waals surface area contributed by atoms with Crippen LogP contribution in [0, 0.1) is 0 Å². The third-order valence-electron chi connectivity index (χ3n) is 5.98. The molecule has 174 valence electrons. The van der Waals surface area contributed by atoms with Gasteiger partial charge in [0.2, 0.25) is 0 Å². The molecule has 0 unspecified atom stereocenters. The fourth-order valence-electron chi connectivity index (χ4n) is 4.04. The lowest BCUT2D eigenvalue weighted by Crippen LogP contribution is -2.10. The number of methoxy groups -OCH3 is 1. The van der Waals surface area contributed by atoms with Crippen molar-refractivity contribution in [2.24, 2.45) is 0 Å². The van der Waals surface area contributed by atoms with Crippen molar-refractivity contribution in [3.8, 4) is 5.75 Å². The van der Waals surface area contributed by atoms with Crippen LogP contribution in [0.1, 0.15) is 68.1 Å². The number of ketones is 1.